The monoisotopic (exact) mass is 858 g/mol. The largest absolute Gasteiger partial charge is 0.466 e. The Balaban J connectivity index is 3.51. The normalized spacial score (nSPS) is 12.9. The number of allylic oxidation sites excluding steroid dienone is 5. The lowest BCUT2D eigenvalue weighted by Gasteiger charge is -2.20. The van der Waals surface area contributed by atoms with Crippen LogP contribution >= 0.6 is 0 Å². The van der Waals surface area contributed by atoms with E-state index in [9.17, 15) is 19.8 Å². The van der Waals surface area contributed by atoms with E-state index in [4.69, 9.17) is 4.74 Å². The predicted octanol–water partition coefficient (Wildman–Crippen LogP) is 16.1. The van der Waals surface area contributed by atoms with Crippen LogP contribution in [0.15, 0.2) is 36.5 Å². The molecule has 0 saturated carbocycles. The molecule has 0 fully saturated rings. The number of esters is 1. The van der Waals surface area contributed by atoms with Gasteiger partial charge in [-0.3, -0.25) is 9.59 Å². The molecular formula is C55H103NO5. The molecule has 2 atom stereocenters. The fourth-order valence-electron chi connectivity index (χ4n) is 8.02. The topological polar surface area (TPSA) is 95.9 Å². The summed E-state index contributed by atoms with van der Waals surface area (Å²) in [6.45, 7) is 4.85. The van der Waals surface area contributed by atoms with Crippen LogP contribution < -0.4 is 5.32 Å². The molecule has 3 N–H and O–H groups in total. The highest BCUT2D eigenvalue weighted by molar-refractivity contribution is 5.76. The van der Waals surface area contributed by atoms with E-state index >= 15 is 0 Å². The lowest BCUT2D eigenvalue weighted by Crippen LogP contribution is -2.45. The fourth-order valence-corrected chi connectivity index (χ4v) is 8.02. The molecule has 1 amide bonds. The molecular weight excluding hydrogens is 755 g/mol. The van der Waals surface area contributed by atoms with Gasteiger partial charge in [0.2, 0.25) is 5.91 Å². The Morgan fingerprint density at radius 3 is 1.25 bits per heavy atom. The highest BCUT2D eigenvalue weighted by atomic mass is 16.5. The van der Waals surface area contributed by atoms with Gasteiger partial charge in [0.25, 0.3) is 0 Å². The lowest BCUT2D eigenvalue weighted by molar-refractivity contribution is -0.143. The van der Waals surface area contributed by atoms with Crippen LogP contribution in [-0.2, 0) is 14.3 Å². The summed E-state index contributed by atoms with van der Waals surface area (Å²) >= 11 is 0. The first-order valence-electron chi connectivity index (χ1n) is 26.8. The summed E-state index contributed by atoms with van der Waals surface area (Å²) in [5.74, 6) is -0.0994. The van der Waals surface area contributed by atoms with Crippen molar-refractivity contribution in [3.8, 4) is 0 Å². The van der Waals surface area contributed by atoms with Crippen molar-refractivity contribution in [2.45, 2.75) is 289 Å². The van der Waals surface area contributed by atoms with Crippen molar-refractivity contribution in [3.05, 3.63) is 36.5 Å². The number of rotatable bonds is 49. The quantitative estimate of drug-likeness (QED) is 0.0322. The number of nitrogens with one attached hydrogen (secondary N) is 1. The summed E-state index contributed by atoms with van der Waals surface area (Å²) in [6, 6.07) is -0.639. The van der Waals surface area contributed by atoms with Crippen molar-refractivity contribution in [1.82, 2.24) is 5.32 Å². The summed E-state index contributed by atoms with van der Waals surface area (Å²) in [4.78, 5) is 24.4. The van der Waals surface area contributed by atoms with E-state index in [0.29, 0.717) is 19.4 Å². The molecule has 0 aromatic heterocycles. The first kappa shape index (κ1) is 59.1. The maximum Gasteiger partial charge on any atom is 0.305 e. The van der Waals surface area contributed by atoms with Gasteiger partial charge < -0.3 is 20.3 Å². The second-order valence-electron chi connectivity index (χ2n) is 18.2. The standard InChI is InChI=1S/C55H103NO5/c1-3-5-7-9-11-13-15-17-21-25-29-33-37-41-45-49-55(60)61-50-46-42-38-34-30-26-23-20-18-19-22-24-28-32-36-40-44-48-54(59)56-52(51-57)53(58)47-43-39-35-31-27-16-14-12-10-8-6-4-2/h18,20,26,30,43,47,52-53,57-58H,3-17,19,21-25,27-29,31-42,44-46,48-51H2,1-2H3,(H,56,59)/b20-18-,30-26-,47-43+. The Morgan fingerprint density at radius 2 is 0.820 bits per heavy atom. The number of aliphatic hydroxyl groups is 2. The van der Waals surface area contributed by atoms with E-state index in [-0.39, 0.29) is 18.5 Å². The van der Waals surface area contributed by atoms with Crippen LogP contribution in [0.25, 0.3) is 0 Å². The molecule has 0 aromatic rings. The number of hydrogen-bond donors (Lipinski definition) is 3. The van der Waals surface area contributed by atoms with Gasteiger partial charge in [0, 0.05) is 12.8 Å². The van der Waals surface area contributed by atoms with Crippen LogP contribution in [0.1, 0.15) is 277 Å². The molecule has 0 rings (SSSR count). The second-order valence-corrected chi connectivity index (χ2v) is 18.2. The number of unbranched alkanes of at least 4 members (excludes halogenated alkanes) is 34. The van der Waals surface area contributed by atoms with Gasteiger partial charge in [0.05, 0.1) is 25.4 Å². The van der Waals surface area contributed by atoms with E-state index < -0.39 is 12.1 Å². The fraction of sp³-hybridized carbons (Fsp3) is 0.855. The van der Waals surface area contributed by atoms with Crippen LogP contribution in [0, 0.1) is 0 Å². The maximum atomic E-state index is 12.4. The minimum atomic E-state index is -0.854. The molecule has 0 aliphatic rings. The highest BCUT2D eigenvalue weighted by Crippen LogP contribution is 2.16. The van der Waals surface area contributed by atoms with Crippen LogP contribution in [-0.4, -0.2) is 47.4 Å². The summed E-state index contributed by atoms with van der Waals surface area (Å²) in [6.07, 6.45) is 61.5. The number of aliphatic hydroxyl groups excluding tert-OH is 2. The van der Waals surface area contributed by atoms with Crippen LogP contribution in [0.5, 0.6) is 0 Å². The molecule has 6 nitrogen and oxygen atoms in total. The highest BCUT2D eigenvalue weighted by Gasteiger charge is 2.18. The van der Waals surface area contributed by atoms with Gasteiger partial charge >= 0.3 is 5.97 Å². The van der Waals surface area contributed by atoms with Crippen molar-refractivity contribution in [2.75, 3.05) is 13.2 Å². The van der Waals surface area contributed by atoms with Crippen LogP contribution in [0.3, 0.4) is 0 Å². The average Bonchev–Trinajstić information content (AvgIpc) is 3.26. The van der Waals surface area contributed by atoms with E-state index in [0.717, 1.165) is 83.5 Å². The zero-order valence-electron chi connectivity index (χ0n) is 40.6. The summed E-state index contributed by atoms with van der Waals surface area (Å²) in [7, 11) is 0. The SMILES string of the molecule is CCCCCCCCCCCC/C=C/C(O)C(CO)NC(=O)CCCCCCCCC/C=C\C/C=C\CCCCCOC(=O)CCCCCCCCCCCCCCCCC. The first-order valence-corrected chi connectivity index (χ1v) is 26.8. The Labute approximate surface area is 379 Å². The van der Waals surface area contributed by atoms with Gasteiger partial charge in [-0.05, 0) is 70.6 Å². The molecule has 0 spiro atoms. The zero-order valence-corrected chi connectivity index (χ0v) is 40.6. The first-order chi connectivity index (χ1) is 30.0. The van der Waals surface area contributed by atoms with Gasteiger partial charge in [-0.15, -0.1) is 0 Å². The molecule has 0 aliphatic heterocycles. The second kappa shape index (κ2) is 50.7. The molecule has 2 unspecified atom stereocenters. The van der Waals surface area contributed by atoms with E-state index in [1.54, 1.807) is 6.08 Å². The molecule has 0 saturated heterocycles. The Hall–Kier alpha value is -1.92. The van der Waals surface area contributed by atoms with Crippen LogP contribution in [0.4, 0.5) is 0 Å². The maximum absolute atomic E-state index is 12.4. The molecule has 0 aromatic carbocycles. The molecule has 358 valence electrons. The predicted molar refractivity (Wildman–Crippen MR) is 264 cm³/mol. The van der Waals surface area contributed by atoms with Gasteiger partial charge in [0.1, 0.15) is 0 Å². The van der Waals surface area contributed by atoms with Gasteiger partial charge in [0.15, 0.2) is 0 Å². The minimum absolute atomic E-state index is 0.0141. The number of ether oxygens (including phenoxy) is 1. The summed E-state index contributed by atoms with van der Waals surface area (Å²) in [5, 5.41) is 23.0. The average molecular weight is 858 g/mol. The third-order valence-electron chi connectivity index (χ3n) is 12.2. The summed E-state index contributed by atoms with van der Waals surface area (Å²) in [5.41, 5.74) is 0. The molecule has 6 heteroatoms. The zero-order chi connectivity index (χ0) is 44.4. The van der Waals surface area contributed by atoms with Gasteiger partial charge in [-0.1, -0.05) is 230 Å². The van der Waals surface area contributed by atoms with E-state index in [1.165, 1.54) is 167 Å². The van der Waals surface area contributed by atoms with E-state index in [1.807, 2.05) is 6.08 Å². The number of carbonyl (C=O) groups is 2. The van der Waals surface area contributed by atoms with Crippen molar-refractivity contribution in [3.63, 3.8) is 0 Å². The third kappa shape index (κ3) is 47.4. The van der Waals surface area contributed by atoms with Gasteiger partial charge in [-0.25, -0.2) is 0 Å². The molecule has 0 heterocycles. The molecule has 0 radical (unpaired) electrons. The van der Waals surface area contributed by atoms with Crippen LogP contribution in [0.2, 0.25) is 0 Å². The molecule has 0 bridgehead atoms. The third-order valence-corrected chi connectivity index (χ3v) is 12.2. The van der Waals surface area contributed by atoms with E-state index in [2.05, 4.69) is 43.5 Å². The van der Waals surface area contributed by atoms with Crippen molar-refractivity contribution >= 4 is 11.9 Å². The molecule has 0 aliphatic carbocycles. The number of hydrogen-bond acceptors (Lipinski definition) is 5. The Bertz CT molecular complexity index is 993. The van der Waals surface area contributed by atoms with Crippen molar-refractivity contribution in [1.29, 1.82) is 0 Å². The summed E-state index contributed by atoms with van der Waals surface area (Å²) < 4.78 is 5.45. The van der Waals surface area contributed by atoms with Crippen molar-refractivity contribution < 1.29 is 24.5 Å². The molecule has 61 heavy (non-hydrogen) atoms. The lowest BCUT2D eigenvalue weighted by atomic mass is 10.0. The Morgan fingerprint density at radius 1 is 0.459 bits per heavy atom. The Kier molecular flexibility index (Phi) is 49.1. The minimum Gasteiger partial charge on any atom is -0.466 e. The van der Waals surface area contributed by atoms with Crippen molar-refractivity contribution in [2.24, 2.45) is 0 Å². The smallest absolute Gasteiger partial charge is 0.305 e. The van der Waals surface area contributed by atoms with Gasteiger partial charge in [-0.2, -0.15) is 0 Å². The number of carbonyl (C=O) groups excluding carboxylic acids is 2. The number of amides is 1.